The van der Waals surface area contributed by atoms with Crippen LogP contribution in [0, 0.1) is 0 Å². The van der Waals surface area contributed by atoms with Gasteiger partial charge < -0.3 is 19.3 Å². The number of halogens is 2. The van der Waals surface area contributed by atoms with E-state index in [4.69, 9.17) is 32.7 Å². The Morgan fingerprint density at radius 1 is 1.23 bits per heavy atom. The lowest BCUT2D eigenvalue weighted by molar-refractivity contribution is -0.164. The van der Waals surface area contributed by atoms with Crippen LogP contribution in [0.1, 0.15) is 24.8 Å². The molecule has 4 rings (SSSR count). The van der Waals surface area contributed by atoms with E-state index in [-0.39, 0.29) is 18.7 Å². The molecule has 3 amide bonds. The van der Waals surface area contributed by atoms with Crippen LogP contribution in [0.5, 0.6) is 0 Å². The Morgan fingerprint density at radius 3 is 2.80 bits per heavy atom. The minimum atomic E-state index is -0.577. The third kappa shape index (κ3) is 4.27. The van der Waals surface area contributed by atoms with E-state index in [1.54, 1.807) is 31.6 Å². The molecule has 3 aliphatic rings. The Labute approximate surface area is 185 Å². The van der Waals surface area contributed by atoms with Crippen LogP contribution in [-0.2, 0) is 20.8 Å². The summed E-state index contributed by atoms with van der Waals surface area (Å²) >= 11 is 12.1. The molecule has 162 valence electrons. The smallest absolute Gasteiger partial charge is 0.328 e. The van der Waals surface area contributed by atoms with Crippen LogP contribution in [-0.4, -0.2) is 78.3 Å². The van der Waals surface area contributed by atoms with Crippen LogP contribution in [0.4, 0.5) is 4.79 Å². The lowest BCUT2D eigenvalue weighted by atomic mass is 10.1. The van der Waals surface area contributed by atoms with E-state index < -0.39 is 18.2 Å². The van der Waals surface area contributed by atoms with E-state index >= 15 is 0 Å². The molecule has 1 aromatic carbocycles. The first kappa shape index (κ1) is 21.4. The fourth-order valence-electron chi connectivity index (χ4n) is 3.91. The Balaban J connectivity index is 1.42. The number of imide groups is 1. The number of urea groups is 1. The fourth-order valence-corrected chi connectivity index (χ4v) is 4.23. The van der Waals surface area contributed by atoms with Gasteiger partial charge in [-0.1, -0.05) is 29.3 Å². The zero-order chi connectivity index (χ0) is 21.3. The van der Waals surface area contributed by atoms with Crippen molar-refractivity contribution >= 4 is 41.5 Å². The van der Waals surface area contributed by atoms with E-state index in [9.17, 15) is 9.59 Å². The molecule has 0 bridgehead atoms. The van der Waals surface area contributed by atoms with Gasteiger partial charge in [0.25, 0.3) is 5.91 Å². The lowest BCUT2D eigenvalue weighted by Crippen LogP contribution is -2.64. The van der Waals surface area contributed by atoms with Crippen molar-refractivity contribution in [3.63, 3.8) is 0 Å². The number of hydrogen-bond acceptors (Lipinski definition) is 6. The van der Waals surface area contributed by atoms with Gasteiger partial charge in [0.1, 0.15) is 0 Å². The first-order chi connectivity index (χ1) is 14.5. The van der Waals surface area contributed by atoms with Gasteiger partial charge in [0.05, 0.1) is 29.5 Å². The summed E-state index contributed by atoms with van der Waals surface area (Å²) in [5.74, 6) is -0.291. The number of amides is 3. The number of ether oxygens (including phenoxy) is 2. The summed E-state index contributed by atoms with van der Waals surface area (Å²) in [5.41, 5.74) is 0.723. The van der Waals surface area contributed by atoms with E-state index in [0.29, 0.717) is 23.2 Å². The topological polar surface area (TPSA) is 74.7 Å². The highest BCUT2D eigenvalue weighted by Gasteiger charge is 2.49. The number of rotatable bonds is 6. The molecule has 3 atom stereocenters. The maximum atomic E-state index is 13.2. The van der Waals surface area contributed by atoms with E-state index in [0.717, 1.165) is 31.4 Å². The number of carbonyl (C=O) groups is 2. The van der Waals surface area contributed by atoms with Gasteiger partial charge in [0.2, 0.25) is 0 Å². The van der Waals surface area contributed by atoms with Gasteiger partial charge in [0, 0.05) is 20.2 Å². The van der Waals surface area contributed by atoms with Crippen LogP contribution in [0.3, 0.4) is 0 Å². The standard InChI is InChI=1S/C20H24Cl2N4O4/c1-24-18-17(25(12-23-18)7-9-30-16-4-2-3-8-29-16)19(27)26(20(24)28)11-13-5-6-14(21)15(22)10-13/h5-6,10,12,16-18H,2-4,7-9,11H2,1H3. The maximum Gasteiger partial charge on any atom is 0.328 e. The Hall–Kier alpha value is -1.87. The number of fused-ring (bicyclic) bond motifs is 1. The SMILES string of the molecule is CN1C(=O)N(Cc2ccc(Cl)c(Cl)c2)C(=O)C2C1N=CN2CCOC1CCCCO1. The molecule has 10 heteroatoms. The molecule has 3 unspecified atom stereocenters. The predicted octanol–water partition coefficient (Wildman–Crippen LogP) is 2.97. The average molecular weight is 455 g/mol. The predicted molar refractivity (Wildman–Crippen MR) is 112 cm³/mol. The summed E-state index contributed by atoms with van der Waals surface area (Å²) in [7, 11) is 1.65. The van der Waals surface area contributed by atoms with Crippen LogP contribution in [0.25, 0.3) is 0 Å². The average Bonchev–Trinajstić information content (AvgIpc) is 3.17. The first-order valence-corrected chi connectivity index (χ1v) is 10.8. The highest BCUT2D eigenvalue weighted by molar-refractivity contribution is 6.42. The number of likely N-dealkylation sites (N-methyl/N-ethyl adjacent to an activating group) is 1. The van der Waals surface area contributed by atoms with Gasteiger partial charge in [0.15, 0.2) is 18.5 Å². The van der Waals surface area contributed by atoms with Crippen molar-refractivity contribution in [1.82, 2.24) is 14.7 Å². The molecule has 2 fully saturated rings. The molecule has 0 aliphatic carbocycles. The second kappa shape index (κ2) is 9.09. The normalized spacial score (nSPS) is 26.5. The van der Waals surface area contributed by atoms with Crippen LogP contribution in [0.2, 0.25) is 10.0 Å². The third-order valence-electron chi connectivity index (χ3n) is 5.57. The van der Waals surface area contributed by atoms with Crippen molar-refractivity contribution in [3.8, 4) is 0 Å². The molecule has 8 nitrogen and oxygen atoms in total. The largest absolute Gasteiger partial charge is 0.353 e. The molecule has 2 saturated heterocycles. The van der Waals surface area contributed by atoms with Crippen LogP contribution < -0.4 is 0 Å². The molecule has 3 heterocycles. The fraction of sp³-hybridized carbons (Fsp3) is 0.550. The van der Waals surface area contributed by atoms with E-state index in [2.05, 4.69) is 4.99 Å². The molecule has 0 N–H and O–H groups in total. The molecule has 0 spiro atoms. The van der Waals surface area contributed by atoms with Gasteiger partial charge in [-0.15, -0.1) is 0 Å². The summed E-state index contributed by atoms with van der Waals surface area (Å²) in [6.45, 7) is 1.73. The van der Waals surface area contributed by atoms with E-state index in [1.807, 2.05) is 4.90 Å². The van der Waals surface area contributed by atoms with E-state index in [1.165, 1.54) is 9.80 Å². The third-order valence-corrected chi connectivity index (χ3v) is 6.31. The van der Waals surface area contributed by atoms with Crippen molar-refractivity contribution in [2.24, 2.45) is 4.99 Å². The number of benzene rings is 1. The molecular formula is C20H24Cl2N4O4. The monoisotopic (exact) mass is 454 g/mol. The van der Waals surface area contributed by atoms with Crippen molar-refractivity contribution in [2.45, 2.75) is 44.3 Å². The highest BCUT2D eigenvalue weighted by atomic mass is 35.5. The first-order valence-electron chi connectivity index (χ1n) is 10.00. The van der Waals surface area contributed by atoms with Crippen molar-refractivity contribution in [3.05, 3.63) is 33.8 Å². The summed E-state index contributed by atoms with van der Waals surface area (Å²) in [4.78, 5) is 35.0. The maximum absolute atomic E-state index is 13.2. The molecule has 30 heavy (non-hydrogen) atoms. The van der Waals surface area contributed by atoms with Gasteiger partial charge in [-0.3, -0.25) is 9.69 Å². The van der Waals surface area contributed by atoms with Gasteiger partial charge in [-0.25, -0.2) is 9.79 Å². The Kier molecular flexibility index (Phi) is 6.48. The zero-order valence-electron chi connectivity index (χ0n) is 16.7. The summed E-state index contributed by atoms with van der Waals surface area (Å²) in [5, 5.41) is 0.802. The number of carbonyl (C=O) groups excluding carboxylic acids is 2. The minimum Gasteiger partial charge on any atom is -0.353 e. The van der Waals surface area contributed by atoms with Crippen LogP contribution in [0.15, 0.2) is 23.2 Å². The number of nitrogens with zero attached hydrogens (tertiary/aromatic N) is 4. The minimum absolute atomic E-state index is 0.113. The second-order valence-corrected chi connectivity index (χ2v) is 8.41. The molecule has 0 radical (unpaired) electrons. The quantitative estimate of drug-likeness (QED) is 0.660. The van der Waals surface area contributed by atoms with Crippen molar-refractivity contribution < 1.29 is 19.1 Å². The van der Waals surface area contributed by atoms with Crippen molar-refractivity contribution in [2.75, 3.05) is 26.8 Å². The van der Waals surface area contributed by atoms with Crippen molar-refractivity contribution in [1.29, 1.82) is 0 Å². The van der Waals surface area contributed by atoms with Gasteiger partial charge in [-0.2, -0.15) is 0 Å². The van der Waals surface area contributed by atoms with Gasteiger partial charge in [-0.05, 0) is 37.0 Å². The molecular weight excluding hydrogens is 431 g/mol. The highest BCUT2D eigenvalue weighted by Crippen LogP contribution is 2.28. The number of aliphatic imine (C=N–C) groups is 1. The Bertz CT molecular complexity index is 846. The zero-order valence-corrected chi connectivity index (χ0v) is 18.2. The second-order valence-electron chi connectivity index (χ2n) is 7.59. The molecule has 0 aromatic heterocycles. The number of hydrogen-bond donors (Lipinski definition) is 0. The summed E-state index contributed by atoms with van der Waals surface area (Å²) in [6.07, 6.45) is 3.94. The summed E-state index contributed by atoms with van der Waals surface area (Å²) < 4.78 is 11.4. The summed E-state index contributed by atoms with van der Waals surface area (Å²) in [6, 6.07) is 4.10. The van der Waals surface area contributed by atoms with Crippen LogP contribution >= 0.6 is 23.2 Å². The molecule has 1 aromatic rings. The molecule has 3 aliphatic heterocycles. The molecule has 0 saturated carbocycles. The van der Waals surface area contributed by atoms with Gasteiger partial charge >= 0.3 is 6.03 Å². The lowest BCUT2D eigenvalue weighted by Gasteiger charge is -2.41. The Morgan fingerprint density at radius 2 is 2.07 bits per heavy atom.